The fraction of sp³-hybridized carbons (Fsp3) is 0.700. The van der Waals surface area contributed by atoms with Crippen LogP contribution >= 0.6 is 0 Å². The fourth-order valence-electron chi connectivity index (χ4n) is 5.24. The number of hydrogen-bond acceptors (Lipinski definition) is 3. The third-order valence-electron chi connectivity index (χ3n) is 6.79. The first kappa shape index (κ1) is 16.6. The van der Waals surface area contributed by atoms with E-state index < -0.39 is 0 Å². The Bertz CT molecular complexity index is 598. The zero-order chi connectivity index (χ0) is 16.8. The van der Waals surface area contributed by atoms with E-state index in [-0.39, 0.29) is 5.41 Å². The number of likely N-dealkylation sites (tertiary alicyclic amines) is 1. The number of aromatic hydroxyl groups is 1. The summed E-state index contributed by atoms with van der Waals surface area (Å²) in [7, 11) is 3.90. The molecular formula is C20H31NO2. The second-order valence-electron chi connectivity index (χ2n) is 7.72. The maximum atomic E-state index is 11.0. The highest BCUT2D eigenvalue weighted by Crippen LogP contribution is 2.55. The van der Waals surface area contributed by atoms with Gasteiger partial charge in [-0.15, -0.1) is 0 Å². The molecule has 1 aliphatic carbocycles. The molecule has 23 heavy (non-hydrogen) atoms. The maximum Gasteiger partial charge on any atom is 0.161 e. The lowest BCUT2D eigenvalue weighted by atomic mass is 9.56. The average Bonchev–Trinajstić information content (AvgIpc) is 2.55. The molecule has 3 unspecified atom stereocenters. The Labute approximate surface area is 140 Å². The molecule has 0 aromatic heterocycles. The van der Waals surface area contributed by atoms with Crippen molar-refractivity contribution in [2.75, 3.05) is 20.7 Å². The van der Waals surface area contributed by atoms with Gasteiger partial charge in [0.2, 0.25) is 0 Å². The molecule has 2 fully saturated rings. The number of methoxy groups -OCH3 is 1. The van der Waals surface area contributed by atoms with Gasteiger partial charge in [-0.2, -0.15) is 0 Å². The van der Waals surface area contributed by atoms with Crippen molar-refractivity contribution in [1.29, 1.82) is 0 Å². The summed E-state index contributed by atoms with van der Waals surface area (Å²) in [5.74, 6) is 1.64. The van der Waals surface area contributed by atoms with E-state index in [4.69, 9.17) is 4.74 Å². The molecule has 0 amide bonds. The quantitative estimate of drug-likeness (QED) is 0.888. The monoisotopic (exact) mass is 317 g/mol. The fourth-order valence-corrected chi connectivity index (χ4v) is 5.24. The van der Waals surface area contributed by atoms with Crippen LogP contribution in [-0.4, -0.2) is 36.8 Å². The van der Waals surface area contributed by atoms with Gasteiger partial charge in [0.15, 0.2) is 11.5 Å². The molecule has 0 radical (unpaired) electrons. The third-order valence-corrected chi connectivity index (χ3v) is 6.79. The second-order valence-corrected chi connectivity index (χ2v) is 7.72. The van der Waals surface area contributed by atoms with Crippen LogP contribution < -0.4 is 4.74 Å². The molecule has 3 rings (SSSR count). The van der Waals surface area contributed by atoms with Crippen molar-refractivity contribution in [1.82, 2.24) is 4.90 Å². The number of rotatable bonds is 2. The minimum atomic E-state index is 0.109. The number of ether oxygens (including phenoxy) is 1. The molecule has 0 bridgehead atoms. The van der Waals surface area contributed by atoms with Crippen LogP contribution in [0.1, 0.15) is 55.7 Å². The second kappa shape index (κ2) is 6.01. The number of phenolic OH excluding ortho intramolecular Hbond substituents is 1. The highest BCUT2D eigenvalue weighted by molar-refractivity contribution is 5.57. The minimum Gasteiger partial charge on any atom is -0.504 e. The molecule has 128 valence electrons. The first-order chi connectivity index (χ1) is 10.9. The molecule has 1 heterocycles. The van der Waals surface area contributed by atoms with E-state index in [2.05, 4.69) is 32.7 Å². The summed E-state index contributed by atoms with van der Waals surface area (Å²) in [5.41, 5.74) is 3.77. The standard InChI is InChI=1S/C20H31NO2/c1-13-12-17(23-5)19(22)18(14(13)2)20-9-7-6-8-16(20)15(3)21(4)11-10-20/h12,15-16,22H,6-11H2,1-5H3. The first-order valence-corrected chi connectivity index (χ1v) is 9.00. The predicted octanol–water partition coefficient (Wildman–Crippen LogP) is 4.17. The summed E-state index contributed by atoms with van der Waals surface area (Å²) in [6.07, 6.45) is 6.17. The van der Waals surface area contributed by atoms with Crippen molar-refractivity contribution in [3.63, 3.8) is 0 Å². The van der Waals surface area contributed by atoms with E-state index in [9.17, 15) is 5.11 Å². The van der Waals surface area contributed by atoms with Crippen LogP contribution in [0.15, 0.2) is 6.07 Å². The number of fused-ring (bicyclic) bond motifs is 1. The van der Waals surface area contributed by atoms with Crippen molar-refractivity contribution in [2.45, 2.75) is 64.3 Å². The van der Waals surface area contributed by atoms with Gasteiger partial charge in [0, 0.05) is 17.0 Å². The van der Waals surface area contributed by atoms with Crippen LogP contribution in [0.25, 0.3) is 0 Å². The Hall–Kier alpha value is -1.22. The van der Waals surface area contributed by atoms with Crippen molar-refractivity contribution < 1.29 is 9.84 Å². The van der Waals surface area contributed by atoms with E-state index >= 15 is 0 Å². The highest BCUT2D eigenvalue weighted by Gasteiger charge is 2.50. The summed E-state index contributed by atoms with van der Waals surface area (Å²) in [6, 6.07) is 2.54. The van der Waals surface area contributed by atoms with Gasteiger partial charge in [-0.05, 0) is 76.7 Å². The number of phenols is 1. The van der Waals surface area contributed by atoms with E-state index in [1.54, 1.807) is 7.11 Å². The Morgan fingerprint density at radius 3 is 2.70 bits per heavy atom. The first-order valence-electron chi connectivity index (χ1n) is 9.00. The molecule has 1 aliphatic heterocycles. The number of benzene rings is 1. The molecule has 3 nitrogen and oxygen atoms in total. The summed E-state index contributed by atoms with van der Waals surface area (Å²) in [6.45, 7) is 7.77. The Kier molecular flexibility index (Phi) is 4.35. The van der Waals surface area contributed by atoms with Crippen LogP contribution in [0, 0.1) is 19.8 Å². The van der Waals surface area contributed by atoms with E-state index in [0.717, 1.165) is 13.0 Å². The summed E-state index contributed by atoms with van der Waals surface area (Å²) < 4.78 is 5.48. The average molecular weight is 317 g/mol. The van der Waals surface area contributed by atoms with E-state index in [1.165, 1.54) is 42.4 Å². The molecule has 1 saturated carbocycles. The summed E-state index contributed by atoms with van der Waals surface area (Å²) in [4.78, 5) is 2.49. The zero-order valence-electron chi connectivity index (χ0n) is 15.3. The largest absolute Gasteiger partial charge is 0.504 e. The van der Waals surface area contributed by atoms with Crippen LogP contribution in [0.2, 0.25) is 0 Å². The summed E-state index contributed by atoms with van der Waals surface area (Å²) in [5, 5.41) is 11.0. The highest BCUT2D eigenvalue weighted by atomic mass is 16.5. The molecular weight excluding hydrogens is 286 g/mol. The Balaban J connectivity index is 2.20. The van der Waals surface area contributed by atoms with Crippen molar-refractivity contribution in [2.24, 2.45) is 5.92 Å². The van der Waals surface area contributed by atoms with Gasteiger partial charge in [0.05, 0.1) is 7.11 Å². The van der Waals surface area contributed by atoms with Crippen LogP contribution in [0.3, 0.4) is 0 Å². The lowest BCUT2D eigenvalue weighted by Gasteiger charge is -2.54. The van der Waals surface area contributed by atoms with Crippen LogP contribution in [0.4, 0.5) is 0 Å². The zero-order valence-corrected chi connectivity index (χ0v) is 15.3. The smallest absolute Gasteiger partial charge is 0.161 e. The molecule has 1 saturated heterocycles. The van der Waals surface area contributed by atoms with Crippen molar-refractivity contribution >= 4 is 0 Å². The lowest BCUT2D eigenvalue weighted by molar-refractivity contribution is 0.0211. The molecule has 1 N–H and O–H groups in total. The molecule has 0 spiro atoms. The van der Waals surface area contributed by atoms with Gasteiger partial charge in [0.1, 0.15) is 0 Å². The van der Waals surface area contributed by atoms with Crippen molar-refractivity contribution in [3.8, 4) is 11.5 Å². The van der Waals surface area contributed by atoms with Crippen LogP contribution in [0.5, 0.6) is 11.5 Å². The number of nitrogens with zero attached hydrogens (tertiary/aromatic N) is 1. The third kappa shape index (κ3) is 2.44. The number of aryl methyl sites for hydroxylation is 1. The van der Waals surface area contributed by atoms with E-state index in [1.807, 2.05) is 6.07 Å². The molecule has 2 aliphatic rings. The Morgan fingerprint density at radius 2 is 2.00 bits per heavy atom. The van der Waals surface area contributed by atoms with Gasteiger partial charge in [-0.1, -0.05) is 12.8 Å². The number of hydrogen-bond donors (Lipinski definition) is 1. The van der Waals surface area contributed by atoms with Gasteiger partial charge in [-0.3, -0.25) is 0 Å². The molecule has 3 heteroatoms. The van der Waals surface area contributed by atoms with Gasteiger partial charge >= 0.3 is 0 Å². The minimum absolute atomic E-state index is 0.109. The van der Waals surface area contributed by atoms with Gasteiger partial charge < -0.3 is 14.7 Å². The lowest BCUT2D eigenvalue weighted by Crippen LogP contribution is -2.55. The number of piperidine rings is 1. The normalized spacial score (nSPS) is 31.7. The van der Waals surface area contributed by atoms with Gasteiger partial charge in [0.25, 0.3) is 0 Å². The summed E-state index contributed by atoms with van der Waals surface area (Å²) >= 11 is 0. The predicted molar refractivity (Wildman–Crippen MR) is 94.5 cm³/mol. The van der Waals surface area contributed by atoms with E-state index in [0.29, 0.717) is 23.5 Å². The topological polar surface area (TPSA) is 32.7 Å². The van der Waals surface area contributed by atoms with Gasteiger partial charge in [-0.25, -0.2) is 0 Å². The van der Waals surface area contributed by atoms with Crippen molar-refractivity contribution in [3.05, 3.63) is 22.8 Å². The SMILES string of the molecule is COc1cc(C)c(C)c(C23CCCCC2C(C)N(C)CC3)c1O. The molecule has 3 atom stereocenters. The Morgan fingerprint density at radius 1 is 1.26 bits per heavy atom. The maximum absolute atomic E-state index is 11.0. The molecule has 1 aromatic rings. The molecule has 1 aromatic carbocycles. The van der Waals surface area contributed by atoms with Crippen LogP contribution in [-0.2, 0) is 5.41 Å².